The summed E-state index contributed by atoms with van der Waals surface area (Å²) in [6.07, 6.45) is 0.549. The average Bonchev–Trinajstić information content (AvgIpc) is 3.28. The molecule has 29 heavy (non-hydrogen) atoms. The van der Waals surface area contributed by atoms with Crippen molar-refractivity contribution in [1.82, 2.24) is 9.55 Å². The van der Waals surface area contributed by atoms with E-state index < -0.39 is 23.8 Å². The first-order valence-electron chi connectivity index (χ1n) is 9.15. The van der Waals surface area contributed by atoms with E-state index in [1.807, 2.05) is 0 Å². The molecular weight excluding hydrogens is 397 g/mol. The summed E-state index contributed by atoms with van der Waals surface area (Å²) < 4.78 is 19.9. The number of anilines is 1. The molecule has 1 N–H and O–H groups in total. The Hall–Kier alpha value is -3.07. The highest BCUT2D eigenvalue weighted by atomic mass is 32.1. The number of esters is 1. The van der Waals surface area contributed by atoms with Gasteiger partial charge in [-0.25, -0.2) is 14.2 Å². The van der Waals surface area contributed by atoms with Gasteiger partial charge in [-0.05, 0) is 50.1 Å². The van der Waals surface area contributed by atoms with E-state index in [4.69, 9.17) is 4.74 Å². The van der Waals surface area contributed by atoms with Crippen LogP contribution >= 0.6 is 11.3 Å². The molecule has 0 aliphatic carbocycles. The minimum absolute atomic E-state index is 0.141. The van der Waals surface area contributed by atoms with Gasteiger partial charge in [-0.3, -0.25) is 14.2 Å². The Kier molecular flexibility index (Phi) is 4.91. The molecule has 1 aliphatic rings. The number of benzene rings is 1. The Balaban J connectivity index is 1.53. The molecule has 4 rings (SSSR count). The number of halogens is 1. The van der Waals surface area contributed by atoms with E-state index in [9.17, 15) is 18.8 Å². The van der Waals surface area contributed by atoms with Crippen molar-refractivity contribution >= 4 is 39.1 Å². The maximum absolute atomic E-state index is 13.0. The monoisotopic (exact) mass is 415 g/mol. The molecule has 2 aromatic heterocycles. The number of amides is 1. The van der Waals surface area contributed by atoms with E-state index in [1.54, 1.807) is 11.5 Å². The lowest BCUT2D eigenvalue weighted by Crippen LogP contribution is -2.30. The lowest BCUT2D eigenvalue weighted by Gasteiger charge is -2.13. The molecule has 0 fully saturated rings. The van der Waals surface area contributed by atoms with E-state index in [2.05, 4.69) is 10.3 Å². The third-order valence-electron chi connectivity index (χ3n) is 4.86. The van der Waals surface area contributed by atoms with E-state index in [0.717, 1.165) is 30.0 Å². The number of thiophene rings is 1. The number of nitrogens with one attached hydrogen (secondary N) is 1. The fourth-order valence-electron chi connectivity index (χ4n) is 3.31. The van der Waals surface area contributed by atoms with Crippen molar-refractivity contribution in [3.05, 3.63) is 56.7 Å². The van der Waals surface area contributed by atoms with E-state index >= 15 is 0 Å². The maximum atomic E-state index is 13.0. The van der Waals surface area contributed by atoms with Crippen molar-refractivity contribution < 1.29 is 18.7 Å². The molecule has 0 radical (unpaired) electrons. The maximum Gasteiger partial charge on any atom is 0.349 e. The van der Waals surface area contributed by atoms with E-state index in [1.165, 1.54) is 31.2 Å². The van der Waals surface area contributed by atoms with Crippen LogP contribution in [-0.4, -0.2) is 27.5 Å². The number of fused-ring (bicyclic) bond motifs is 2. The molecule has 0 unspecified atom stereocenters. The number of hydrogen-bond acceptors (Lipinski definition) is 6. The summed E-state index contributed by atoms with van der Waals surface area (Å²) in [5.41, 5.74) is 0.766. The summed E-state index contributed by atoms with van der Waals surface area (Å²) in [5.74, 6) is -0.911. The Morgan fingerprint density at radius 1 is 1.31 bits per heavy atom. The van der Waals surface area contributed by atoms with Gasteiger partial charge in [0, 0.05) is 18.7 Å². The first-order valence-corrected chi connectivity index (χ1v) is 9.97. The van der Waals surface area contributed by atoms with Gasteiger partial charge in [0.25, 0.3) is 11.5 Å². The number of nitrogens with zero attached hydrogens (tertiary/aromatic N) is 2. The summed E-state index contributed by atoms with van der Waals surface area (Å²) >= 11 is 1.10. The summed E-state index contributed by atoms with van der Waals surface area (Å²) in [4.78, 5) is 42.9. The van der Waals surface area contributed by atoms with Gasteiger partial charge in [0.15, 0.2) is 6.10 Å². The molecule has 3 heterocycles. The zero-order valence-corrected chi connectivity index (χ0v) is 16.6. The minimum Gasteiger partial charge on any atom is -0.448 e. The van der Waals surface area contributed by atoms with Crippen molar-refractivity contribution in [1.29, 1.82) is 0 Å². The number of rotatable bonds is 4. The molecular formula is C20H18FN3O4S. The van der Waals surface area contributed by atoms with Crippen molar-refractivity contribution in [2.24, 2.45) is 0 Å². The van der Waals surface area contributed by atoms with Crippen LogP contribution in [0.25, 0.3) is 10.2 Å². The van der Waals surface area contributed by atoms with Crippen LogP contribution in [0.1, 0.15) is 34.4 Å². The van der Waals surface area contributed by atoms with Gasteiger partial charge in [0.1, 0.15) is 21.3 Å². The number of hydrogen-bond donors (Lipinski definition) is 1. The third kappa shape index (κ3) is 3.53. The predicted octanol–water partition coefficient (Wildman–Crippen LogP) is 3.04. The molecule has 3 aromatic rings. The molecule has 0 bridgehead atoms. The van der Waals surface area contributed by atoms with Crippen molar-refractivity contribution in [3.63, 3.8) is 0 Å². The Morgan fingerprint density at radius 2 is 2.03 bits per heavy atom. The average molecular weight is 415 g/mol. The summed E-state index contributed by atoms with van der Waals surface area (Å²) in [6, 6.07) is 5.26. The van der Waals surface area contributed by atoms with Gasteiger partial charge in [-0.15, -0.1) is 11.3 Å². The van der Waals surface area contributed by atoms with E-state index in [-0.39, 0.29) is 10.4 Å². The molecule has 1 aliphatic heterocycles. The highest BCUT2D eigenvalue weighted by Gasteiger charge is 2.26. The molecule has 1 atom stereocenters. The first-order chi connectivity index (χ1) is 13.8. The number of ether oxygens (including phenoxy) is 1. The molecule has 0 saturated heterocycles. The number of aromatic nitrogens is 2. The van der Waals surface area contributed by atoms with Crippen LogP contribution in [0, 0.1) is 12.7 Å². The molecule has 1 amide bonds. The quantitative estimate of drug-likeness (QED) is 0.662. The fraction of sp³-hybridized carbons (Fsp3) is 0.300. The molecule has 9 heteroatoms. The smallest absolute Gasteiger partial charge is 0.349 e. The zero-order valence-electron chi connectivity index (χ0n) is 15.8. The molecule has 7 nitrogen and oxygen atoms in total. The second-order valence-corrected chi connectivity index (χ2v) is 7.87. The normalized spacial score (nSPS) is 13.9. The number of carbonyl (C=O) groups is 2. The summed E-state index contributed by atoms with van der Waals surface area (Å²) in [5, 5.41) is 2.99. The van der Waals surface area contributed by atoms with Gasteiger partial charge >= 0.3 is 5.97 Å². The Bertz CT molecular complexity index is 1180. The van der Waals surface area contributed by atoms with Crippen LogP contribution in [0.15, 0.2) is 29.1 Å². The van der Waals surface area contributed by atoms with Gasteiger partial charge in [0.2, 0.25) is 0 Å². The molecule has 0 spiro atoms. The summed E-state index contributed by atoms with van der Waals surface area (Å²) in [7, 11) is 0. The number of carbonyl (C=O) groups excluding carboxylic acids is 2. The number of aryl methyl sites for hydroxylation is 2. The largest absolute Gasteiger partial charge is 0.448 e. The van der Waals surface area contributed by atoms with Crippen LogP contribution in [0.5, 0.6) is 0 Å². The van der Waals surface area contributed by atoms with Gasteiger partial charge in [-0.2, -0.15) is 0 Å². The van der Waals surface area contributed by atoms with Crippen LogP contribution < -0.4 is 10.9 Å². The Labute approximate surface area is 169 Å². The highest BCUT2D eigenvalue weighted by molar-refractivity contribution is 7.20. The second kappa shape index (κ2) is 7.40. The standard InChI is InChI=1S/C20H18FN3O4S/c1-10-15-18(23-14-4-3-9-24(14)19(15)26)29-16(10)20(27)28-11(2)17(25)22-13-7-5-12(21)6-8-13/h5-8,11H,3-4,9H2,1-2H3,(H,22,25)/t11-/m1/s1. The topological polar surface area (TPSA) is 90.3 Å². The second-order valence-electron chi connectivity index (χ2n) is 6.87. The van der Waals surface area contributed by atoms with E-state index in [0.29, 0.717) is 28.0 Å². The first kappa shape index (κ1) is 19.3. The minimum atomic E-state index is -1.07. The predicted molar refractivity (Wildman–Crippen MR) is 107 cm³/mol. The molecule has 1 aromatic carbocycles. The SMILES string of the molecule is Cc1c(C(=O)O[C@H](C)C(=O)Nc2ccc(F)cc2)sc2nc3n(c(=O)c12)CCC3. The van der Waals surface area contributed by atoms with Crippen molar-refractivity contribution in [2.45, 2.75) is 39.3 Å². The van der Waals surface area contributed by atoms with Crippen LogP contribution in [0.4, 0.5) is 10.1 Å². The fourth-order valence-corrected chi connectivity index (χ4v) is 4.39. The molecule has 0 saturated carbocycles. The van der Waals surface area contributed by atoms with Crippen molar-refractivity contribution in [3.8, 4) is 0 Å². The third-order valence-corrected chi connectivity index (χ3v) is 6.03. The highest BCUT2D eigenvalue weighted by Crippen LogP contribution is 2.29. The van der Waals surface area contributed by atoms with Crippen molar-refractivity contribution in [2.75, 3.05) is 5.32 Å². The van der Waals surface area contributed by atoms with Crippen LogP contribution in [0.2, 0.25) is 0 Å². The molecule has 150 valence electrons. The summed E-state index contributed by atoms with van der Waals surface area (Å²) in [6.45, 7) is 3.76. The van der Waals surface area contributed by atoms with Gasteiger partial charge in [-0.1, -0.05) is 0 Å². The lowest BCUT2D eigenvalue weighted by molar-refractivity contribution is -0.123. The Morgan fingerprint density at radius 3 is 2.76 bits per heavy atom. The lowest BCUT2D eigenvalue weighted by atomic mass is 10.2. The van der Waals surface area contributed by atoms with Gasteiger partial charge in [0.05, 0.1) is 5.39 Å². The zero-order chi connectivity index (χ0) is 20.7. The van der Waals surface area contributed by atoms with Crippen LogP contribution in [-0.2, 0) is 22.5 Å². The van der Waals surface area contributed by atoms with Gasteiger partial charge < -0.3 is 10.1 Å². The van der Waals surface area contributed by atoms with Crippen LogP contribution in [0.3, 0.4) is 0 Å².